The molecule has 2 amide bonds. The molecule has 0 radical (unpaired) electrons. The van der Waals surface area contributed by atoms with Gasteiger partial charge in [-0.2, -0.15) is 0 Å². The maximum absolute atomic E-state index is 13.4. The van der Waals surface area contributed by atoms with Crippen LogP contribution < -0.4 is 10.1 Å². The Morgan fingerprint density at radius 3 is 2.43 bits per heavy atom. The van der Waals surface area contributed by atoms with E-state index in [4.69, 9.17) is 4.74 Å². The van der Waals surface area contributed by atoms with Crippen LogP contribution in [0.3, 0.4) is 0 Å². The van der Waals surface area contributed by atoms with Gasteiger partial charge in [-0.15, -0.1) is 0 Å². The SMILES string of the molecule is CC[C@@H](C)NC(=O)[C@@H](CC)N(Cc1cccc(OC)c1)C(=O)Cc1ccccc1C. The summed E-state index contributed by atoms with van der Waals surface area (Å²) in [6.07, 6.45) is 1.66. The zero-order chi connectivity index (χ0) is 22.1. The third-order valence-electron chi connectivity index (χ3n) is 5.48. The number of benzene rings is 2. The summed E-state index contributed by atoms with van der Waals surface area (Å²) in [7, 11) is 1.62. The molecule has 0 heterocycles. The molecule has 2 rings (SSSR count). The molecule has 0 fully saturated rings. The van der Waals surface area contributed by atoms with Crippen molar-refractivity contribution in [1.82, 2.24) is 10.2 Å². The Morgan fingerprint density at radius 2 is 1.80 bits per heavy atom. The number of hydrogen-bond donors (Lipinski definition) is 1. The Morgan fingerprint density at radius 1 is 1.07 bits per heavy atom. The number of rotatable bonds is 10. The molecule has 0 aliphatic carbocycles. The number of hydrogen-bond acceptors (Lipinski definition) is 3. The number of carbonyl (C=O) groups is 2. The Labute approximate surface area is 180 Å². The molecule has 2 aromatic carbocycles. The molecule has 0 aliphatic rings. The fourth-order valence-electron chi connectivity index (χ4n) is 3.40. The number of ether oxygens (including phenoxy) is 1. The van der Waals surface area contributed by atoms with Crippen LogP contribution in [0.4, 0.5) is 0 Å². The van der Waals surface area contributed by atoms with E-state index in [1.54, 1.807) is 12.0 Å². The van der Waals surface area contributed by atoms with Gasteiger partial charge in [0, 0.05) is 12.6 Å². The highest BCUT2D eigenvalue weighted by atomic mass is 16.5. The molecule has 5 heteroatoms. The Kier molecular flexibility index (Phi) is 8.90. The topological polar surface area (TPSA) is 58.6 Å². The van der Waals surface area contributed by atoms with Crippen molar-refractivity contribution in [2.45, 2.75) is 65.6 Å². The van der Waals surface area contributed by atoms with Gasteiger partial charge in [-0.05, 0) is 55.5 Å². The van der Waals surface area contributed by atoms with Gasteiger partial charge in [0.1, 0.15) is 11.8 Å². The van der Waals surface area contributed by atoms with E-state index in [2.05, 4.69) is 5.32 Å². The van der Waals surface area contributed by atoms with Gasteiger partial charge in [0.05, 0.1) is 13.5 Å². The maximum Gasteiger partial charge on any atom is 0.243 e. The van der Waals surface area contributed by atoms with Crippen LogP contribution in [0.5, 0.6) is 5.75 Å². The highest BCUT2D eigenvalue weighted by molar-refractivity contribution is 5.88. The van der Waals surface area contributed by atoms with Gasteiger partial charge in [0.2, 0.25) is 11.8 Å². The normalized spacial score (nSPS) is 12.7. The lowest BCUT2D eigenvalue weighted by atomic mass is 10.0. The predicted octanol–water partition coefficient (Wildman–Crippen LogP) is 4.27. The second kappa shape index (κ2) is 11.4. The molecular formula is C25H34N2O3. The molecule has 0 bridgehead atoms. The van der Waals surface area contributed by atoms with Gasteiger partial charge >= 0.3 is 0 Å². The lowest BCUT2D eigenvalue weighted by Gasteiger charge is -2.31. The van der Waals surface area contributed by atoms with Crippen molar-refractivity contribution in [3.8, 4) is 5.75 Å². The maximum atomic E-state index is 13.4. The van der Waals surface area contributed by atoms with Gasteiger partial charge in [0.25, 0.3) is 0 Å². The van der Waals surface area contributed by atoms with Crippen molar-refractivity contribution in [3.05, 3.63) is 65.2 Å². The molecular weight excluding hydrogens is 376 g/mol. The van der Waals surface area contributed by atoms with Crippen molar-refractivity contribution in [2.75, 3.05) is 7.11 Å². The van der Waals surface area contributed by atoms with Crippen molar-refractivity contribution >= 4 is 11.8 Å². The Bertz CT molecular complexity index is 850. The minimum absolute atomic E-state index is 0.0572. The van der Waals surface area contributed by atoms with Crippen LogP contribution in [-0.2, 0) is 22.6 Å². The van der Waals surface area contributed by atoms with Gasteiger partial charge in [-0.1, -0.05) is 50.2 Å². The summed E-state index contributed by atoms with van der Waals surface area (Å²) in [5.41, 5.74) is 2.99. The van der Waals surface area contributed by atoms with Crippen molar-refractivity contribution < 1.29 is 14.3 Å². The van der Waals surface area contributed by atoms with Crippen LogP contribution in [0, 0.1) is 6.92 Å². The number of amides is 2. The van der Waals surface area contributed by atoms with Gasteiger partial charge in [0.15, 0.2) is 0 Å². The third-order valence-corrected chi connectivity index (χ3v) is 5.48. The first-order valence-corrected chi connectivity index (χ1v) is 10.7. The largest absolute Gasteiger partial charge is 0.497 e. The van der Waals surface area contributed by atoms with E-state index < -0.39 is 6.04 Å². The summed E-state index contributed by atoms with van der Waals surface area (Å²) in [6.45, 7) is 8.31. The van der Waals surface area contributed by atoms with E-state index in [1.165, 1.54) is 0 Å². The van der Waals surface area contributed by atoms with Crippen molar-refractivity contribution in [3.63, 3.8) is 0 Å². The second-order valence-corrected chi connectivity index (χ2v) is 7.72. The van der Waals surface area contributed by atoms with Crippen LogP contribution in [0.25, 0.3) is 0 Å². The highest BCUT2D eigenvalue weighted by Gasteiger charge is 2.29. The van der Waals surface area contributed by atoms with E-state index in [-0.39, 0.29) is 24.3 Å². The van der Waals surface area contributed by atoms with E-state index in [0.29, 0.717) is 13.0 Å². The first-order chi connectivity index (χ1) is 14.4. The van der Waals surface area contributed by atoms with Crippen LogP contribution in [0.1, 0.15) is 50.3 Å². The molecule has 0 spiro atoms. The average molecular weight is 411 g/mol. The first-order valence-electron chi connectivity index (χ1n) is 10.7. The standard InChI is InChI=1S/C25H34N2O3/c1-6-19(4)26-25(29)23(7-2)27(17-20-12-10-14-22(15-20)30-5)24(28)16-21-13-9-8-11-18(21)3/h8-15,19,23H,6-7,16-17H2,1-5H3,(H,26,29)/t19-,23-/m1/s1. The average Bonchev–Trinajstić information content (AvgIpc) is 2.75. The number of methoxy groups -OCH3 is 1. The fraction of sp³-hybridized carbons (Fsp3) is 0.440. The van der Waals surface area contributed by atoms with Crippen LogP contribution in [0.15, 0.2) is 48.5 Å². The summed E-state index contributed by atoms with van der Waals surface area (Å²) in [5, 5.41) is 3.04. The first kappa shape index (κ1) is 23.5. The zero-order valence-electron chi connectivity index (χ0n) is 18.8. The molecule has 5 nitrogen and oxygen atoms in total. The molecule has 2 atom stereocenters. The lowest BCUT2D eigenvalue weighted by molar-refractivity contribution is -0.141. The summed E-state index contributed by atoms with van der Waals surface area (Å²) in [4.78, 5) is 28.1. The molecule has 1 N–H and O–H groups in total. The van der Waals surface area contributed by atoms with E-state index in [9.17, 15) is 9.59 Å². The van der Waals surface area contributed by atoms with Crippen LogP contribution in [-0.4, -0.2) is 35.9 Å². The summed E-state index contributed by atoms with van der Waals surface area (Å²) < 4.78 is 5.33. The van der Waals surface area contributed by atoms with Gasteiger partial charge < -0.3 is 15.0 Å². The van der Waals surface area contributed by atoms with E-state index in [0.717, 1.165) is 28.9 Å². The van der Waals surface area contributed by atoms with Crippen molar-refractivity contribution in [2.24, 2.45) is 0 Å². The second-order valence-electron chi connectivity index (χ2n) is 7.72. The van der Waals surface area contributed by atoms with Gasteiger partial charge in [-0.25, -0.2) is 0 Å². The number of nitrogens with zero attached hydrogens (tertiary/aromatic N) is 1. The summed E-state index contributed by atoms with van der Waals surface area (Å²) in [6, 6.07) is 15.1. The summed E-state index contributed by atoms with van der Waals surface area (Å²) in [5.74, 6) is 0.571. The molecule has 162 valence electrons. The Hall–Kier alpha value is -2.82. The summed E-state index contributed by atoms with van der Waals surface area (Å²) >= 11 is 0. The van der Waals surface area contributed by atoms with E-state index >= 15 is 0 Å². The number of nitrogens with one attached hydrogen (secondary N) is 1. The highest BCUT2D eigenvalue weighted by Crippen LogP contribution is 2.19. The predicted molar refractivity (Wildman–Crippen MR) is 120 cm³/mol. The minimum Gasteiger partial charge on any atom is -0.497 e. The molecule has 0 saturated carbocycles. The molecule has 2 aromatic rings. The zero-order valence-corrected chi connectivity index (χ0v) is 18.8. The van der Waals surface area contributed by atoms with Crippen LogP contribution in [0.2, 0.25) is 0 Å². The Balaban J connectivity index is 2.33. The monoisotopic (exact) mass is 410 g/mol. The fourth-order valence-corrected chi connectivity index (χ4v) is 3.40. The lowest BCUT2D eigenvalue weighted by Crippen LogP contribution is -2.51. The molecule has 0 unspecified atom stereocenters. The number of aryl methyl sites for hydroxylation is 1. The quantitative estimate of drug-likeness (QED) is 0.636. The van der Waals surface area contributed by atoms with Crippen LogP contribution >= 0.6 is 0 Å². The third kappa shape index (κ3) is 6.34. The molecule has 0 saturated heterocycles. The molecule has 30 heavy (non-hydrogen) atoms. The van der Waals surface area contributed by atoms with Crippen molar-refractivity contribution in [1.29, 1.82) is 0 Å². The van der Waals surface area contributed by atoms with Gasteiger partial charge in [-0.3, -0.25) is 9.59 Å². The molecule has 0 aromatic heterocycles. The number of carbonyl (C=O) groups excluding carboxylic acids is 2. The minimum atomic E-state index is -0.526. The molecule has 0 aliphatic heterocycles. The van der Waals surface area contributed by atoms with E-state index in [1.807, 2.05) is 76.2 Å². The smallest absolute Gasteiger partial charge is 0.243 e.